The van der Waals surface area contributed by atoms with Gasteiger partial charge in [0, 0.05) is 6.92 Å². The van der Waals surface area contributed by atoms with E-state index in [2.05, 4.69) is 0 Å². The third-order valence-corrected chi connectivity index (χ3v) is 2.05. The molecule has 2 rings (SSSR count). The summed E-state index contributed by atoms with van der Waals surface area (Å²) < 4.78 is 28.5. The number of hydrogen-bond acceptors (Lipinski definition) is 4. The molecular formula is C9H9FO4. The van der Waals surface area contributed by atoms with Crippen LogP contribution >= 0.6 is 0 Å². The molecule has 0 aromatic rings. The van der Waals surface area contributed by atoms with Crippen LogP contribution in [0.15, 0.2) is 24.3 Å². The normalized spacial score (nSPS) is 39.6. The Hall–Kier alpha value is -1.20. The molecule has 2 atom stereocenters. The van der Waals surface area contributed by atoms with Crippen molar-refractivity contribution in [2.45, 2.75) is 18.6 Å². The molecule has 0 aromatic carbocycles. The van der Waals surface area contributed by atoms with Crippen molar-refractivity contribution in [1.82, 2.24) is 0 Å². The molecule has 1 saturated heterocycles. The van der Waals surface area contributed by atoms with Gasteiger partial charge in [0.25, 0.3) is 5.79 Å². The maximum absolute atomic E-state index is 14.0. The first kappa shape index (κ1) is 9.36. The van der Waals surface area contributed by atoms with E-state index < -0.39 is 17.6 Å². The van der Waals surface area contributed by atoms with E-state index >= 15 is 0 Å². The van der Waals surface area contributed by atoms with Crippen LogP contribution in [0.3, 0.4) is 0 Å². The molecule has 4 nitrogen and oxygen atoms in total. The van der Waals surface area contributed by atoms with Gasteiger partial charge in [-0.15, -0.1) is 0 Å². The van der Waals surface area contributed by atoms with Crippen LogP contribution in [-0.4, -0.2) is 24.4 Å². The SMILES string of the molecule is CC(=O)O[C@@]12C=CC=C[C@]1(F)OCO2. The highest BCUT2D eigenvalue weighted by molar-refractivity contribution is 5.67. The van der Waals surface area contributed by atoms with Crippen molar-refractivity contribution in [3.05, 3.63) is 24.3 Å². The highest BCUT2D eigenvalue weighted by Crippen LogP contribution is 2.42. The van der Waals surface area contributed by atoms with E-state index in [1.807, 2.05) is 0 Å². The molecule has 1 fully saturated rings. The number of ether oxygens (including phenoxy) is 3. The predicted octanol–water partition coefficient (Wildman–Crippen LogP) is 1.04. The zero-order chi connectivity index (χ0) is 10.2. The highest BCUT2D eigenvalue weighted by Gasteiger charge is 2.60. The fraction of sp³-hybridized carbons (Fsp3) is 0.444. The summed E-state index contributed by atoms with van der Waals surface area (Å²) in [5.41, 5.74) is 0. The van der Waals surface area contributed by atoms with Crippen LogP contribution in [0.4, 0.5) is 4.39 Å². The number of esters is 1. The van der Waals surface area contributed by atoms with Crippen molar-refractivity contribution in [1.29, 1.82) is 0 Å². The first-order chi connectivity index (χ1) is 6.58. The van der Waals surface area contributed by atoms with Crippen LogP contribution in [0.5, 0.6) is 0 Å². The summed E-state index contributed by atoms with van der Waals surface area (Å²) in [5.74, 6) is -4.60. The van der Waals surface area contributed by atoms with E-state index in [-0.39, 0.29) is 6.79 Å². The number of halogens is 1. The molecule has 0 saturated carbocycles. The molecule has 1 heterocycles. The lowest BCUT2D eigenvalue weighted by molar-refractivity contribution is -0.230. The number of fused-ring (bicyclic) bond motifs is 1. The molecule has 0 aromatic heterocycles. The van der Waals surface area contributed by atoms with E-state index in [9.17, 15) is 9.18 Å². The van der Waals surface area contributed by atoms with Crippen molar-refractivity contribution >= 4 is 5.97 Å². The molecule has 0 spiro atoms. The zero-order valence-corrected chi connectivity index (χ0v) is 7.53. The minimum Gasteiger partial charge on any atom is -0.422 e. The van der Waals surface area contributed by atoms with Gasteiger partial charge in [0.1, 0.15) is 0 Å². The largest absolute Gasteiger partial charge is 0.422 e. The van der Waals surface area contributed by atoms with Crippen molar-refractivity contribution in [3.8, 4) is 0 Å². The standard InChI is InChI=1S/C9H9FO4/c1-7(11)14-9-5-3-2-4-8(9,10)12-6-13-9/h2-5H,6H2,1H3/t8-,9-/m0/s1. The Kier molecular flexibility index (Phi) is 1.94. The molecule has 5 heteroatoms. The van der Waals surface area contributed by atoms with Crippen LogP contribution < -0.4 is 0 Å². The van der Waals surface area contributed by atoms with Gasteiger partial charge in [-0.05, 0) is 12.2 Å². The molecule has 0 amide bonds. The average molecular weight is 200 g/mol. The van der Waals surface area contributed by atoms with Gasteiger partial charge in [-0.3, -0.25) is 4.79 Å². The lowest BCUT2D eigenvalue weighted by Crippen LogP contribution is -2.49. The Morgan fingerprint density at radius 2 is 2.14 bits per heavy atom. The molecule has 0 unspecified atom stereocenters. The fourth-order valence-corrected chi connectivity index (χ4v) is 1.44. The van der Waals surface area contributed by atoms with Gasteiger partial charge in [-0.25, -0.2) is 0 Å². The lowest BCUT2D eigenvalue weighted by Gasteiger charge is -2.32. The summed E-state index contributed by atoms with van der Waals surface area (Å²) in [6, 6.07) is 0. The number of hydrogen-bond donors (Lipinski definition) is 0. The van der Waals surface area contributed by atoms with Gasteiger partial charge in [0.15, 0.2) is 6.79 Å². The zero-order valence-electron chi connectivity index (χ0n) is 7.53. The van der Waals surface area contributed by atoms with E-state index in [1.165, 1.54) is 25.2 Å². The molecule has 1 aliphatic heterocycles. The van der Waals surface area contributed by atoms with Crippen LogP contribution in [0, 0.1) is 0 Å². The molecule has 76 valence electrons. The Balaban J connectivity index is 2.35. The second-order valence-corrected chi connectivity index (χ2v) is 3.03. The van der Waals surface area contributed by atoms with E-state index in [1.54, 1.807) is 0 Å². The Morgan fingerprint density at radius 3 is 2.86 bits per heavy atom. The Labute approximate surface area is 79.9 Å². The van der Waals surface area contributed by atoms with Crippen molar-refractivity contribution in [2.24, 2.45) is 0 Å². The fourth-order valence-electron chi connectivity index (χ4n) is 1.44. The average Bonchev–Trinajstić information content (AvgIpc) is 2.41. The first-order valence-corrected chi connectivity index (χ1v) is 4.11. The molecule has 0 bridgehead atoms. The van der Waals surface area contributed by atoms with Gasteiger partial charge in [-0.2, -0.15) is 4.39 Å². The van der Waals surface area contributed by atoms with Gasteiger partial charge in [0.2, 0.25) is 0 Å². The quantitative estimate of drug-likeness (QED) is 0.593. The van der Waals surface area contributed by atoms with Crippen molar-refractivity contribution < 1.29 is 23.4 Å². The summed E-state index contributed by atoms with van der Waals surface area (Å²) in [6.45, 7) is 0.932. The lowest BCUT2D eigenvalue weighted by atomic mass is 10.0. The summed E-state index contributed by atoms with van der Waals surface area (Å²) >= 11 is 0. The van der Waals surface area contributed by atoms with Gasteiger partial charge in [0.05, 0.1) is 0 Å². The van der Waals surface area contributed by atoms with E-state index in [0.717, 1.165) is 6.08 Å². The van der Waals surface area contributed by atoms with Gasteiger partial charge in [-0.1, -0.05) is 12.2 Å². The number of alkyl halides is 1. The molecule has 2 aliphatic rings. The van der Waals surface area contributed by atoms with E-state index in [0.29, 0.717) is 0 Å². The third-order valence-electron chi connectivity index (χ3n) is 2.05. The smallest absolute Gasteiger partial charge is 0.305 e. The van der Waals surface area contributed by atoms with Crippen LogP contribution in [0.25, 0.3) is 0 Å². The second kappa shape index (κ2) is 2.90. The maximum atomic E-state index is 14.0. The summed E-state index contributed by atoms with van der Waals surface area (Å²) in [4.78, 5) is 10.8. The number of carbonyl (C=O) groups is 1. The third kappa shape index (κ3) is 1.17. The first-order valence-electron chi connectivity index (χ1n) is 4.11. The molecular weight excluding hydrogens is 191 g/mol. The summed E-state index contributed by atoms with van der Waals surface area (Å²) in [5, 5.41) is 0. The monoisotopic (exact) mass is 200 g/mol. The molecule has 0 N–H and O–H groups in total. The number of rotatable bonds is 1. The summed E-state index contributed by atoms with van der Waals surface area (Å²) in [6.07, 6.45) is 5.48. The maximum Gasteiger partial charge on any atom is 0.305 e. The van der Waals surface area contributed by atoms with Crippen molar-refractivity contribution in [2.75, 3.05) is 6.79 Å². The highest BCUT2D eigenvalue weighted by atomic mass is 19.2. The minimum atomic E-state index is -2.21. The Morgan fingerprint density at radius 1 is 1.43 bits per heavy atom. The molecule has 14 heavy (non-hydrogen) atoms. The minimum absolute atomic E-state index is 0.252. The van der Waals surface area contributed by atoms with Crippen LogP contribution in [0.2, 0.25) is 0 Å². The molecule has 1 aliphatic carbocycles. The Bertz CT molecular complexity index is 325. The van der Waals surface area contributed by atoms with Crippen molar-refractivity contribution in [3.63, 3.8) is 0 Å². The predicted molar refractivity (Wildman–Crippen MR) is 43.7 cm³/mol. The van der Waals surface area contributed by atoms with Crippen LogP contribution in [0.1, 0.15) is 6.92 Å². The summed E-state index contributed by atoms with van der Waals surface area (Å²) in [7, 11) is 0. The van der Waals surface area contributed by atoms with Gasteiger partial charge >= 0.3 is 11.8 Å². The topological polar surface area (TPSA) is 44.8 Å². The number of carbonyl (C=O) groups excluding carboxylic acids is 1. The second-order valence-electron chi connectivity index (χ2n) is 3.03. The van der Waals surface area contributed by atoms with Crippen LogP contribution in [-0.2, 0) is 19.0 Å². The van der Waals surface area contributed by atoms with E-state index in [4.69, 9.17) is 14.2 Å². The molecule has 0 radical (unpaired) electrons. The number of allylic oxidation sites excluding steroid dienone is 2. The van der Waals surface area contributed by atoms with Gasteiger partial charge < -0.3 is 14.2 Å².